The van der Waals surface area contributed by atoms with Gasteiger partial charge in [-0.3, -0.25) is 4.79 Å². The second kappa shape index (κ2) is 4.34. The Kier molecular flexibility index (Phi) is 3.09. The van der Waals surface area contributed by atoms with Crippen LogP contribution in [-0.2, 0) is 23.9 Å². The number of amides is 1. The molecular formula is C12H16N2O5. The van der Waals surface area contributed by atoms with Crippen LogP contribution in [0, 0.1) is 0 Å². The number of rotatable bonds is 2. The van der Waals surface area contributed by atoms with Crippen molar-refractivity contribution in [2.24, 2.45) is 0 Å². The minimum atomic E-state index is -0.789. The molecule has 0 aliphatic carbocycles. The molecule has 0 spiro atoms. The van der Waals surface area contributed by atoms with Crippen molar-refractivity contribution >= 4 is 17.8 Å². The van der Waals surface area contributed by atoms with Crippen molar-refractivity contribution in [2.45, 2.75) is 25.8 Å². The largest absolute Gasteiger partial charge is 0.466 e. The number of esters is 2. The van der Waals surface area contributed by atoms with Crippen LogP contribution in [0.25, 0.3) is 0 Å². The average molecular weight is 268 g/mol. The van der Waals surface area contributed by atoms with E-state index in [0.29, 0.717) is 13.0 Å². The monoisotopic (exact) mass is 268 g/mol. The minimum Gasteiger partial charge on any atom is -0.466 e. The smallest absolute Gasteiger partial charge is 0.356 e. The predicted octanol–water partition coefficient (Wildman–Crippen LogP) is -0.172. The number of ether oxygens (including phenoxy) is 2. The fourth-order valence-electron chi connectivity index (χ4n) is 2.58. The predicted molar refractivity (Wildman–Crippen MR) is 63.3 cm³/mol. The van der Waals surface area contributed by atoms with Gasteiger partial charge in [0, 0.05) is 13.0 Å². The van der Waals surface area contributed by atoms with Crippen molar-refractivity contribution in [3.8, 4) is 0 Å². The molecule has 1 fully saturated rings. The summed E-state index contributed by atoms with van der Waals surface area (Å²) in [6, 6.07) is 0. The van der Waals surface area contributed by atoms with E-state index in [0.717, 1.165) is 0 Å². The van der Waals surface area contributed by atoms with Crippen LogP contribution in [0.5, 0.6) is 0 Å². The van der Waals surface area contributed by atoms with E-state index in [2.05, 4.69) is 4.74 Å². The van der Waals surface area contributed by atoms with E-state index < -0.39 is 17.5 Å². The van der Waals surface area contributed by atoms with E-state index in [4.69, 9.17) is 4.74 Å². The van der Waals surface area contributed by atoms with Crippen LogP contribution >= 0.6 is 0 Å². The Morgan fingerprint density at radius 2 is 1.74 bits per heavy atom. The van der Waals surface area contributed by atoms with Gasteiger partial charge in [-0.2, -0.15) is 0 Å². The zero-order valence-electron chi connectivity index (χ0n) is 11.3. The first-order chi connectivity index (χ1) is 8.86. The Hall–Kier alpha value is -1.89. The zero-order valence-corrected chi connectivity index (χ0v) is 11.3. The van der Waals surface area contributed by atoms with Gasteiger partial charge in [-0.15, -0.1) is 0 Å². The number of hydrogen-bond donors (Lipinski definition) is 0. The lowest BCUT2D eigenvalue weighted by Gasteiger charge is -2.32. The summed E-state index contributed by atoms with van der Waals surface area (Å²) in [5.74, 6) is -1.58. The highest BCUT2D eigenvalue weighted by Crippen LogP contribution is 2.41. The molecule has 0 aromatic rings. The molecule has 2 rings (SSSR count). The number of hydrazine groups is 1. The lowest BCUT2D eigenvalue weighted by atomic mass is 9.93. The first kappa shape index (κ1) is 13.5. The first-order valence-electron chi connectivity index (χ1n) is 5.88. The van der Waals surface area contributed by atoms with Crippen LogP contribution in [-0.4, -0.2) is 54.2 Å². The SMILES string of the molecule is COC(=O)C1=C(C(=O)OC)C(C)(C)N2CCC(=O)N12. The molecule has 2 heterocycles. The summed E-state index contributed by atoms with van der Waals surface area (Å²) in [7, 11) is 2.45. The van der Waals surface area contributed by atoms with Gasteiger partial charge in [0.25, 0.3) is 0 Å². The zero-order chi connectivity index (χ0) is 14.4. The molecule has 2 aliphatic heterocycles. The summed E-state index contributed by atoms with van der Waals surface area (Å²) < 4.78 is 9.41. The van der Waals surface area contributed by atoms with E-state index in [1.807, 2.05) is 0 Å². The summed E-state index contributed by atoms with van der Waals surface area (Å²) in [5, 5.41) is 2.92. The minimum absolute atomic E-state index is 0.0400. The lowest BCUT2D eigenvalue weighted by Crippen LogP contribution is -2.46. The third-order valence-corrected chi connectivity index (χ3v) is 3.49. The lowest BCUT2D eigenvalue weighted by molar-refractivity contribution is -0.146. The van der Waals surface area contributed by atoms with Crippen LogP contribution in [0.3, 0.4) is 0 Å². The van der Waals surface area contributed by atoms with Crippen molar-refractivity contribution in [3.63, 3.8) is 0 Å². The average Bonchev–Trinajstić information content (AvgIpc) is 2.85. The van der Waals surface area contributed by atoms with Gasteiger partial charge in [0.2, 0.25) is 5.91 Å². The third kappa shape index (κ3) is 1.73. The van der Waals surface area contributed by atoms with Gasteiger partial charge in [0.1, 0.15) is 0 Å². The van der Waals surface area contributed by atoms with Crippen molar-refractivity contribution in [3.05, 3.63) is 11.3 Å². The molecule has 2 aliphatic rings. The van der Waals surface area contributed by atoms with Crippen LogP contribution in [0.4, 0.5) is 0 Å². The van der Waals surface area contributed by atoms with E-state index in [1.54, 1.807) is 18.9 Å². The summed E-state index contributed by atoms with van der Waals surface area (Å²) >= 11 is 0. The van der Waals surface area contributed by atoms with Gasteiger partial charge in [-0.05, 0) is 13.8 Å². The highest BCUT2D eigenvalue weighted by atomic mass is 16.5. The number of nitrogens with zero attached hydrogens (tertiary/aromatic N) is 2. The summed E-state index contributed by atoms with van der Waals surface area (Å²) in [4.78, 5) is 35.8. The third-order valence-electron chi connectivity index (χ3n) is 3.49. The van der Waals surface area contributed by atoms with Gasteiger partial charge in [-0.25, -0.2) is 19.6 Å². The molecule has 0 unspecified atom stereocenters. The Morgan fingerprint density at radius 3 is 2.26 bits per heavy atom. The molecule has 7 heteroatoms. The summed E-state index contributed by atoms with van der Waals surface area (Å²) in [6.07, 6.45) is 0.304. The molecule has 0 N–H and O–H groups in total. The van der Waals surface area contributed by atoms with Gasteiger partial charge in [0.15, 0.2) is 5.70 Å². The van der Waals surface area contributed by atoms with Crippen LogP contribution in [0.15, 0.2) is 11.3 Å². The van der Waals surface area contributed by atoms with Crippen LogP contribution in [0.1, 0.15) is 20.3 Å². The fourth-order valence-corrected chi connectivity index (χ4v) is 2.58. The highest BCUT2D eigenvalue weighted by Gasteiger charge is 2.55. The van der Waals surface area contributed by atoms with E-state index in [-0.39, 0.29) is 17.2 Å². The second-order valence-corrected chi connectivity index (χ2v) is 4.84. The Morgan fingerprint density at radius 1 is 1.16 bits per heavy atom. The molecule has 0 atom stereocenters. The normalized spacial score (nSPS) is 21.7. The van der Waals surface area contributed by atoms with Gasteiger partial charge >= 0.3 is 11.9 Å². The fraction of sp³-hybridized carbons (Fsp3) is 0.583. The standard InChI is InChI=1S/C12H16N2O5/c1-12(2)8(10(16)18-3)9(11(17)19-4)14-7(15)5-6-13(12)14/h5-6H2,1-4H3. The maximum atomic E-state index is 11.9. The van der Waals surface area contributed by atoms with Gasteiger partial charge in [-0.1, -0.05) is 0 Å². The van der Waals surface area contributed by atoms with Crippen molar-refractivity contribution in [1.29, 1.82) is 0 Å². The van der Waals surface area contributed by atoms with Crippen molar-refractivity contribution in [1.82, 2.24) is 10.0 Å². The molecule has 104 valence electrons. The number of fused-ring (bicyclic) bond motifs is 1. The molecule has 1 amide bonds. The highest BCUT2D eigenvalue weighted by molar-refractivity contribution is 6.05. The van der Waals surface area contributed by atoms with E-state index in [1.165, 1.54) is 19.2 Å². The maximum absolute atomic E-state index is 11.9. The van der Waals surface area contributed by atoms with Gasteiger partial charge in [0.05, 0.1) is 25.3 Å². The Bertz CT molecular complexity index is 494. The van der Waals surface area contributed by atoms with Crippen LogP contribution < -0.4 is 0 Å². The first-order valence-corrected chi connectivity index (χ1v) is 5.88. The molecule has 19 heavy (non-hydrogen) atoms. The topological polar surface area (TPSA) is 76.2 Å². The van der Waals surface area contributed by atoms with Crippen molar-refractivity contribution in [2.75, 3.05) is 20.8 Å². The number of methoxy groups -OCH3 is 2. The number of carbonyl (C=O) groups excluding carboxylic acids is 3. The van der Waals surface area contributed by atoms with E-state index >= 15 is 0 Å². The molecule has 1 saturated heterocycles. The molecule has 0 radical (unpaired) electrons. The number of carbonyl (C=O) groups is 3. The number of hydrogen-bond acceptors (Lipinski definition) is 6. The van der Waals surface area contributed by atoms with Crippen molar-refractivity contribution < 1.29 is 23.9 Å². The summed E-state index contributed by atoms with van der Waals surface area (Å²) in [5.41, 5.74) is -0.681. The molecular weight excluding hydrogens is 252 g/mol. The summed E-state index contributed by atoms with van der Waals surface area (Å²) in [6.45, 7) is 3.98. The molecule has 7 nitrogen and oxygen atoms in total. The van der Waals surface area contributed by atoms with Gasteiger partial charge < -0.3 is 9.47 Å². The second-order valence-electron chi connectivity index (χ2n) is 4.84. The molecule has 0 bridgehead atoms. The Labute approximate surface area is 110 Å². The molecule has 0 saturated carbocycles. The maximum Gasteiger partial charge on any atom is 0.356 e. The molecule has 0 aromatic heterocycles. The Balaban J connectivity index is 2.63. The van der Waals surface area contributed by atoms with Crippen LogP contribution in [0.2, 0.25) is 0 Å². The quantitative estimate of drug-likeness (QED) is 0.647. The van der Waals surface area contributed by atoms with E-state index in [9.17, 15) is 14.4 Å². The molecule has 0 aromatic carbocycles.